The van der Waals surface area contributed by atoms with Crippen LogP contribution in [0.15, 0.2) is 11.8 Å². The van der Waals surface area contributed by atoms with Gasteiger partial charge in [-0.1, -0.05) is 13.8 Å². The summed E-state index contributed by atoms with van der Waals surface area (Å²) in [4.78, 5) is 0. The van der Waals surface area contributed by atoms with E-state index in [1.54, 1.807) is 0 Å². The Bertz CT molecular complexity index is 227. The molecule has 0 aromatic heterocycles. The van der Waals surface area contributed by atoms with Crippen LogP contribution >= 0.6 is 0 Å². The Balaban J connectivity index is 2.17. The maximum Gasteiger partial charge on any atom is 0.102 e. The Kier molecular flexibility index (Phi) is 2.13. The van der Waals surface area contributed by atoms with Gasteiger partial charge in [0.25, 0.3) is 0 Å². The van der Waals surface area contributed by atoms with Crippen molar-refractivity contribution >= 4 is 0 Å². The lowest BCUT2D eigenvalue weighted by Gasteiger charge is -2.45. The molecule has 1 aliphatic heterocycles. The van der Waals surface area contributed by atoms with Gasteiger partial charge in [-0.15, -0.1) is 0 Å². The molecule has 1 fully saturated rings. The van der Waals surface area contributed by atoms with Crippen molar-refractivity contribution in [2.45, 2.75) is 52.6 Å². The third-order valence-corrected chi connectivity index (χ3v) is 3.76. The van der Waals surface area contributed by atoms with Gasteiger partial charge in [-0.25, -0.2) is 0 Å². The van der Waals surface area contributed by atoms with Gasteiger partial charge in [-0.2, -0.15) is 0 Å². The molecule has 0 amide bonds. The average molecular weight is 180 g/mol. The van der Waals surface area contributed by atoms with E-state index in [1.165, 1.54) is 25.7 Å². The van der Waals surface area contributed by atoms with Gasteiger partial charge in [0, 0.05) is 5.92 Å². The standard InChI is InChI=1S/C12H20O/c1-9-6-7-10-11(13-9)5-4-8-12(10,2)3/h6,10-11H,4-5,7-8H2,1-3H3. The van der Waals surface area contributed by atoms with Gasteiger partial charge in [0.1, 0.15) is 6.10 Å². The molecule has 2 atom stereocenters. The minimum absolute atomic E-state index is 0.486. The van der Waals surface area contributed by atoms with Crippen LogP contribution < -0.4 is 0 Å². The molecule has 0 bridgehead atoms. The molecule has 1 saturated carbocycles. The van der Waals surface area contributed by atoms with Crippen molar-refractivity contribution in [1.29, 1.82) is 0 Å². The Morgan fingerprint density at radius 1 is 1.46 bits per heavy atom. The molecule has 2 unspecified atom stereocenters. The number of allylic oxidation sites excluding steroid dienone is 2. The van der Waals surface area contributed by atoms with Crippen LogP contribution in [-0.4, -0.2) is 6.10 Å². The largest absolute Gasteiger partial charge is 0.495 e. The molecule has 2 rings (SSSR count). The molecule has 0 saturated heterocycles. The van der Waals surface area contributed by atoms with Gasteiger partial charge >= 0.3 is 0 Å². The van der Waals surface area contributed by atoms with Gasteiger partial charge in [0.15, 0.2) is 0 Å². The fourth-order valence-corrected chi connectivity index (χ4v) is 2.84. The first kappa shape index (κ1) is 9.11. The third-order valence-electron chi connectivity index (χ3n) is 3.76. The smallest absolute Gasteiger partial charge is 0.102 e. The maximum absolute atomic E-state index is 5.89. The molecular formula is C12H20O. The second kappa shape index (κ2) is 3.04. The van der Waals surface area contributed by atoms with Crippen LogP contribution in [0.1, 0.15) is 46.5 Å². The number of ether oxygens (including phenoxy) is 1. The molecular weight excluding hydrogens is 160 g/mol. The predicted molar refractivity (Wildman–Crippen MR) is 54.4 cm³/mol. The maximum atomic E-state index is 5.89. The van der Waals surface area contributed by atoms with Gasteiger partial charge in [0.2, 0.25) is 0 Å². The summed E-state index contributed by atoms with van der Waals surface area (Å²) in [6.45, 7) is 6.86. The molecule has 0 spiro atoms. The molecule has 2 aliphatic rings. The van der Waals surface area contributed by atoms with Crippen LogP contribution in [0.2, 0.25) is 0 Å². The van der Waals surface area contributed by atoms with E-state index in [0.29, 0.717) is 11.5 Å². The summed E-state index contributed by atoms with van der Waals surface area (Å²) in [6.07, 6.45) is 7.96. The Morgan fingerprint density at radius 3 is 3.00 bits per heavy atom. The van der Waals surface area contributed by atoms with Crippen molar-refractivity contribution in [2.75, 3.05) is 0 Å². The fraction of sp³-hybridized carbons (Fsp3) is 0.833. The lowest BCUT2D eigenvalue weighted by molar-refractivity contribution is -0.0401. The van der Waals surface area contributed by atoms with Gasteiger partial charge in [0.05, 0.1) is 5.76 Å². The summed E-state index contributed by atoms with van der Waals surface area (Å²) in [5, 5.41) is 0. The molecule has 13 heavy (non-hydrogen) atoms. The van der Waals surface area contributed by atoms with Gasteiger partial charge in [-0.05, 0) is 44.1 Å². The van der Waals surface area contributed by atoms with Crippen LogP contribution in [-0.2, 0) is 4.74 Å². The van der Waals surface area contributed by atoms with Crippen molar-refractivity contribution in [3.8, 4) is 0 Å². The van der Waals surface area contributed by atoms with Crippen molar-refractivity contribution < 1.29 is 4.74 Å². The monoisotopic (exact) mass is 180 g/mol. The topological polar surface area (TPSA) is 9.23 Å². The SMILES string of the molecule is CC1=CCC2C(CCCC2(C)C)O1. The Hall–Kier alpha value is -0.460. The van der Waals surface area contributed by atoms with Crippen LogP contribution in [0.4, 0.5) is 0 Å². The molecule has 1 nitrogen and oxygen atoms in total. The van der Waals surface area contributed by atoms with E-state index < -0.39 is 0 Å². The summed E-state index contributed by atoms with van der Waals surface area (Å²) in [7, 11) is 0. The summed E-state index contributed by atoms with van der Waals surface area (Å²) in [6, 6.07) is 0. The summed E-state index contributed by atoms with van der Waals surface area (Å²) < 4.78 is 5.89. The second-order valence-electron chi connectivity index (χ2n) is 5.19. The molecule has 0 aromatic rings. The molecule has 1 heteroatoms. The van der Waals surface area contributed by atoms with Crippen molar-refractivity contribution in [1.82, 2.24) is 0 Å². The number of hydrogen-bond acceptors (Lipinski definition) is 1. The number of hydrogen-bond donors (Lipinski definition) is 0. The third kappa shape index (κ3) is 1.61. The normalized spacial score (nSPS) is 37.3. The van der Waals surface area contributed by atoms with Gasteiger partial charge in [-0.3, -0.25) is 0 Å². The zero-order chi connectivity index (χ0) is 9.47. The lowest BCUT2D eigenvalue weighted by atomic mass is 9.65. The highest BCUT2D eigenvalue weighted by Gasteiger charge is 2.40. The first-order valence-corrected chi connectivity index (χ1v) is 5.43. The molecule has 1 aliphatic carbocycles. The van der Waals surface area contributed by atoms with E-state index in [1.807, 2.05) is 0 Å². The minimum atomic E-state index is 0.486. The first-order valence-electron chi connectivity index (χ1n) is 5.43. The zero-order valence-corrected chi connectivity index (χ0v) is 8.97. The number of rotatable bonds is 0. The van der Waals surface area contributed by atoms with Crippen LogP contribution in [0.3, 0.4) is 0 Å². The van der Waals surface area contributed by atoms with Crippen LogP contribution in [0, 0.1) is 11.3 Å². The molecule has 0 N–H and O–H groups in total. The summed E-state index contributed by atoms with van der Waals surface area (Å²) in [5.74, 6) is 1.89. The van der Waals surface area contributed by atoms with Crippen LogP contribution in [0.25, 0.3) is 0 Å². The quantitative estimate of drug-likeness (QED) is 0.554. The Morgan fingerprint density at radius 2 is 2.23 bits per heavy atom. The van der Waals surface area contributed by atoms with E-state index in [0.717, 1.165) is 11.7 Å². The molecule has 74 valence electrons. The molecule has 1 heterocycles. The highest BCUT2D eigenvalue weighted by molar-refractivity contribution is 5.02. The van der Waals surface area contributed by atoms with Gasteiger partial charge < -0.3 is 4.74 Å². The molecule has 0 aromatic carbocycles. The van der Waals surface area contributed by atoms with E-state index in [2.05, 4.69) is 26.8 Å². The minimum Gasteiger partial charge on any atom is -0.495 e. The molecule has 0 radical (unpaired) electrons. The highest BCUT2D eigenvalue weighted by atomic mass is 16.5. The Labute approximate surface area is 81.2 Å². The second-order valence-corrected chi connectivity index (χ2v) is 5.19. The van der Waals surface area contributed by atoms with E-state index in [4.69, 9.17) is 4.74 Å². The van der Waals surface area contributed by atoms with E-state index in [-0.39, 0.29) is 0 Å². The lowest BCUT2D eigenvalue weighted by Crippen LogP contribution is -2.41. The summed E-state index contributed by atoms with van der Waals surface area (Å²) in [5.41, 5.74) is 0.486. The van der Waals surface area contributed by atoms with Crippen LogP contribution in [0.5, 0.6) is 0 Å². The van der Waals surface area contributed by atoms with Crippen molar-refractivity contribution in [2.24, 2.45) is 11.3 Å². The number of fused-ring (bicyclic) bond motifs is 1. The first-order chi connectivity index (χ1) is 6.09. The van der Waals surface area contributed by atoms with Crippen molar-refractivity contribution in [3.63, 3.8) is 0 Å². The average Bonchev–Trinajstić information content (AvgIpc) is 2.02. The van der Waals surface area contributed by atoms with Crippen molar-refractivity contribution in [3.05, 3.63) is 11.8 Å². The van der Waals surface area contributed by atoms with E-state index >= 15 is 0 Å². The van der Waals surface area contributed by atoms with E-state index in [9.17, 15) is 0 Å². The fourth-order valence-electron chi connectivity index (χ4n) is 2.84. The zero-order valence-electron chi connectivity index (χ0n) is 8.97. The summed E-state index contributed by atoms with van der Waals surface area (Å²) >= 11 is 0. The highest BCUT2D eigenvalue weighted by Crippen LogP contribution is 2.46. The predicted octanol–water partition coefficient (Wildman–Crippen LogP) is 3.51.